The average molecular weight is 197 g/mol. The third-order valence-electron chi connectivity index (χ3n) is 1.99. The Balaban J connectivity index is 2.77. The summed E-state index contributed by atoms with van der Waals surface area (Å²) < 4.78 is 5.16. The summed E-state index contributed by atoms with van der Waals surface area (Å²) >= 11 is 0. The fraction of sp³-hybridized carbons (Fsp3) is 0.800. The first-order valence-electron chi connectivity index (χ1n) is 5.07. The maximum Gasteiger partial charge on any atom is 0.244 e. The fourth-order valence-electron chi connectivity index (χ4n) is 1.35. The Kier molecular flexibility index (Phi) is 3.63. The van der Waals surface area contributed by atoms with Crippen molar-refractivity contribution < 1.29 is 4.52 Å². The van der Waals surface area contributed by atoms with Crippen molar-refractivity contribution in [2.24, 2.45) is 5.92 Å². The molecule has 1 aromatic rings. The molecule has 0 fully saturated rings. The Morgan fingerprint density at radius 1 is 1.21 bits per heavy atom. The average Bonchev–Trinajstić information content (AvgIpc) is 2.46. The molecule has 0 aliphatic carbocycles. The van der Waals surface area contributed by atoms with Gasteiger partial charge in [0.2, 0.25) is 5.89 Å². The second kappa shape index (κ2) is 4.55. The molecule has 0 bridgehead atoms. The van der Waals surface area contributed by atoms with Crippen LogP contribution in [0, 0.1) is 12.8 Å². The number of aryl methyl sites for hydroxylation is 1. The van der Waals surface area contributed by atoms with Crippen LogP contribution in [-0.2, 0) is 0 Å². The van der Waals surface area contributed by atoms with Crippen molar-refractivity contribution in [3.05, 3.63) is 11.7 Å². The first-order valence-corrected chi connectivity index (χ1v) is 5.07. The van der Waals surface area contributed by atoms with Crippen molar-refractivity contribution in [3.8, 4) is 0 Å². The van der Waals surface area contributed by atoms with E-state index in [1.165, 1.54) is 0 Å². The summed E-state index contributed by atoms with van der Waals surface area (Å²) in [4.78, 5) is 4.25. The van der Waals surface area contributed by atoms with E-state index in [1.807, 2.05) is 6.92 Å². The number of hydrogen-bond donors (Lipinski definition) is 1. The molecule has 0 aliphatic heterocycles. The smallest absolute Gasteiger partial charge is 0.244 e. The Morgan fingerprint density at radius 3 is 2.21 bits per heavy atom. The Bertz CT molecular complexity index is 281. The van der Waals surface area contributed by atoms with Gasteiger partial charge in [-0.05, 0) is 12.8 Å². The highest BCUT2D eigenvalue weighted by Gasteiger charge is 2.22. The third kappa shape index (κ3) is 2.80. The van der Waals surface area contributed by atoms with E-state index in [0.29, 0.717) is 23.7 Å². The van der Waals surface area contributed by atoms with E-state index in [-0.39, 0.29) is 6.04 Å². The van der Waals surface area contributed by atoms with Crippen LogP contribution < -0.4 is 5.32 Å². The molecule has 0 amide bonds. The molecule has 0 aliphatic rings. The number of rotatable bonds is 4. The molecule has 4 heteroatoms. The van der Waals surface area contributed by atoms with Gasteiger partial charge >= 0.3 is 0 Å². The lowest BCUT2D eigenvalue weighted by molar-refractivity contribution is 0.276. The van der Waals surface area contributed by atoms with Crippen molar-refractivity contribution in [2.75, 3.05) is 0 Å². The van der Waals surface area contributed by atoms with Gasteiger partial charge in [0, 0.05) is 6.04 Å². The van der Waals surface area contributed by atoms with Gasteiger partial charge in [-0.2, -0.15) is 4.98 Å². The highest BCUT2D eigenvalue weighted by atomic mass is 16.5. The van der Waals surface area contributed by atoms with Crippen LogP contribution in [0.1, 0.15) is 45.5 Å². The molecule has 1 N–H and O–H groups in total. The first-order chi connectivity index (χ1) is 6.50. The van der Waals surface area contributed by atoms with E-state index in [4.69, 9.17) is 4.52 Å². The lowest BCUT2D eigenvalue weighted by atomic mass is 10.0. The zero-order chi connectivity index (χ0) is 10.7. The summed E-state index contributed by atoms with van der Waals surface area (Å²) in [5.74, 6) is 1.82. The monoisotopic (exact) mass is 197 g/mol. The minimum atomic E-state index is 0.149. The molecule has 0 saturated heterocycles. The summed E-state index contributed by atoms with van der Waals surface area (Å²) in [5.41, 5.74) is 0. The zero-order valence-corrected chi connectivity index (χ0v) is 9.53. The van der Waals surface area contributed by atoms with Crippen LogP contribution in [0.5, 0.6) is 0 Å². The quantitative estimate of drug-likeness (QED) is 0.802. The highest BCUT2D eigenvalue weighted by Crippen LogP contribution is 2.20. The molecule has 14 heavy (non-hydrogen) atoms. The summed E-state index contributed by atoms with van der Waals surface area (Å²) in [7, 11) is 0. The van der Waals surface area contributed by atoms with Crippen LogP contribution in [-0.4, -0.2) is 16.2 Å². The van der Waals surface area contributed by atoms with Crippen LogP contribution in [0.4, 0.5) is 0 Å². The van der Waals surface area contributed by atoms with Crippen LogP contribution in [0.3, 0.4) is 0 Å². The molecule has 1 atom stereocenters. The first kappa shape index (κ1) is 11.2. The Morgan fingerprint density at radius 2 is 1.86 bits per heavy atom. The second-order valence-corrected chi connectivity index (χ2v) is 4.22. The van der Waals surface area contributed by atoms with Crippen LogP contribution >= 0.6 is 0 Å². The molecule has 0 unspecified atom stereocenters. The van der Waals surface area contributed by atoms with Gasteiger partial charge in [0.05, 0.1) is 6.04 Å². The standard InChI is InChI=1S/C10H19N3O/c1-6(2)9(11-7(3)4)10-12-8(5)13-14-10/h6-7,9,11H,1-5H3/t9-/m0/s1. The highest BCUT2D eigenvalue weighted by molar-refractivity contribution is 4.93. The molecule has 0 aromatic carbocycles. The van der Waals surface area contributed by atoms with Gasteiger partial charge in [0.15, 0.2) is 5.82 Å². The van der Waals surface area contributed by atoms with E-state index in [9.17, 15) is 0 Å². The maximum absolute atomic E-state index is 5.16. The summed E-state index contributed by atoms with van der Waals surface area (Å²) in [5, 5.41) is 7.21. The number of aromatic nitrogens is 2. The normalized spacial score (nSPS) is 13.9. The predicted octanol–water partition coefficient (Wildman–Crippen LogP) is 2.07. The van der Waals surface area contributed by atoms with Crippen molar-refractivity contribution in [1.82, 2.24) is 15.5 Å². The molecule has 1 heterocycles. The number of hydrogen-bond acceptors (Lipinski definition) is 4. The van der Waals surface area contributed by atoms with Crippen LogP contribution in [0.15, 0.2) is 4.52 Å². The molecule has 0 spiro atoms. The molecular weight excluding hydrogens is 178 g/mol. The minimum absolute atomic E-state index is 0.149. The fourth-order valence-corrected chi connectivity index (χ4v) is 1.35. The largest absolute Gasteiger partial charge is 0.338 e. The number of nitrogens with one attached hydrogen (secondary N) is 1. The summed E-state index contributed by atoms with van der Waals surface area (Å²) in [6, 6.07) is 0.561. The maximum atomic E-state index is 5.16. The predicted molar refractivity (Wildman–Crippen MR) is 54.9 cm³/mol. The summed E-state index contributed by atoms with van der Waals surface area (Å²) in [6.45, 7) is 10.3. The summed E-state index contributed by atoms with van der Waals surface area (Å²) in [6.07, 6.45) is 0. The molecule has 0 radical (unpaired) electrons. The zero-order valence-electron chi connectivity index (χ0n) is 9.53. The SMILES string of the molecule is Cc1noc([C@@H](NC(C)C)C(C)C)n1. The van der Waals surface area contributed by atoms with Crippen molar-refractivity contribution >= 4 is 0 Å². The van der Waals surface area contributed by atoms with E-state index in [1.54, 1.807) is 0 Å². The minimum Gasteiger partial charge on any atom is -0.338 e. The molecule has 1 aromatic heterocycles. The molecular formula is C10H19N3O. The number of nitrogens with zero attached hydrogens (tertiary/aromatic N) is 2. The van der Waals surface area contributed by atoms with E-state index < -0.39 is 0 Å². The van der Waals surface area contributed by atoms with Crippen LogP contribution in [0.2, 0.25) is 0 Å². The molecule has 1 rings (SSSR count). The lowest BCUT2D eigenvalue weighted by Gasteiger charge is -2.20. The van der Waals surface area contributed by atoms with Gasteiger partial charge in [-0.15, -0.1) is 0 Å². The van der Waals surface area contributed by atoms with Gasteiger partial charge < -0.3 is 9.84 Å². The van der Waals surface area contributed by atoms with Gasteiger partial charge in [-0.3, -0.25) is 0 Å². The van der Waals surface area contributed by atoms with Gasteiger partial charge in [-0.1, -0.05) is 32.9 Å². The van der Waals surface area contributed by atoms with Gasteiger partial charge in [0.25, 0.3) is 0 Å². The topological polar surface area (TPSA) is 51.0 Å². The van der Waals surface area contributed by atoms with Crippen molar-refractivity contribution in [2.45, 2.75) is 46.7 Å². The molecule has 0 saturated carbocycles. The second-order valence-electron chi connectivity index (χ2n) is 4.22. The molecule has 80 valence electrons. The van der Waals surface area contributed by atoms with E-state index in [2.05, 4.69) is 43.2 Å². The van der Waals surface area contributed by atoms with Crippen LogP contribution in [0.25, 0.3) is 0 Å². The van der Waals surface area contributed by atoms with Crippen molar-refractivity contribution in [3.63, 3.8) is 0 Å². The third-order valence-corrected chi connectivity index (χ3v) is 1.99. The Labute approximate surface area is 85.1 Å². The molecule has 4 nitrogen and oxygen atoms in total. The van der Waals surface area contributed by atoms with E-state index >= 15 is 0 Å². The van der Waals surface area contributed by atoms with Crippen molar-refractivity contribution in [1.29, 1.82) is 0 Å². The van der Waals surface area contributed by atoms with Gasteiger partial charge in [-0.25, -0.2) is 0 Å². The lowest BCUT2D eigenvalue weighted by Crippen LogP contribution is -2.31. The Hall–Kier alpha value is -0.900. The van der Waals surface area contributed by atoms with Gasteiger partial charge in [0.1, 0.15) is 0 Å². The van der Waals surface area contributed by atoms with E-state index in [0.717, 1.165) is 0 Å².